The van der Waals surface area contributed by atoms with Crippen LogP contribution in [0.15, 0.2) is 179 Å². The number of amides is 3. The van der Waals surface area contributed by atoms with Crippen LogP contribution in [0.3, 0.4) is 0 Å². The van der Waals surface area contributed by atoms with Crippen LogP contribution in [0.2, 0.25) is 0 Å². The third kappa shape index (κ3) is 19.6. The highest BCUT2D eigenvalue weighted by molar-refractivity contribution is 7.08. The van der Waals surface area contributed by atoms with Gasteiger partial charge in [0.05, 0.1) is 143 Å². The Morgan fingerprint density at radius 3 is 1.24 bits per heavy atom. The van der Waals surface area contributed by atoms with Gasteiger partial charge >= 0.3 is 5.97 Å². The van der Waals surface area contributed by atoms with Crippen LogP contribution in [-0.4, -0.2) is 109 Å². The molecule has 0 saturated heterocycles. The third-order valence-corrected chi connectivity index (χ3v) is 18.2. The molecule has 0 fully saturated rings. The van der Waals surface area contributed by atoms with Gasteiger partial charge in [-0.15, -0.1) is 0 Å². The highest BCUT2D eigenvalue weighted by Crippen LogP contribution is 2.37. The number of aromatic amines is 4. The molecule has 3 amide bonds. The Kier molecular flexibility index (Phi) is 26.6. The van der Waals surface area contributed by atoms with Gasteiger partial charge in [-0.1, -0.05) is 42.5 Å². The zero-order chi connectivity index (χ0) is 82.7. The fraction of sp³-hybridized carbons (Fsp3) is 0.106. The van der Waals surface area contributed by atoms with Crippen molar-refractivity contribution in [2.45, 2.75) is 26.6 Å². The Morgan fingerprint density at radius 2 is 0.855 bits per heavy atom. The Hall–Kier alpha value is -14.8. The number of carbonyl (C=O) groups is 4. The number of benzene rings is 8. The summed E-state index contributed by atoms with van der Waals surface area (Å²) in [7, 11) is 5.85. The van der Waals surface area contributed by atoms with E-state index < -0.39 is 52.5 Å². The number of fused-ring (bicyclic) bond motifs is 4. The number of rotatable bonds is 23. The number of pyridine rings is 1. The van der Waals surface area contributed by atoms with E-state index in [0.717, 1.165) is 53.7 Å². The minimum absolute atomic E-state index is 0.126. The molecule has 117 heavy (non-hydrogen) atoms. The summed E-state index contributed by atoms with van der Waals surface area (Å²) < 4.78 is 139. The molecule has 8 aromatic carbocycles. The summed E-state index contributed by atoms with van der Waals surface area (Å²) in [5.74, 6) is -6.54. The summed E-state index contributed by atoms with van der Waals surface area (Å²) in [5, 5.41) is 43.0. The van der Waals surface area contributed by atoms with Gasteiger partial charge in [0.15, 0.2) is 34.9 Å². The van der Waals surface area contributed by atoms with Gasteiger partial charge in [-0.25, -0.2) is 44.9 Å². The maximum atomic E-state index is 13.8. The lowest BCUT2D eigenvalue weighted by molar-refractivity contribution is 0.0522. The summed E-state index contributed by atoms with van der Waals surface area (Å²) in [6, 6.07) is 34.8. The van der Waals surface area contributed by atoms with Crippen LogP contribution in [0.4, 0.5) is 35.1 Å². The molecule has 0 aliphatic carbocycles. The second-order valence-corrected chi connectivity index (χ2v) is 25.7. The van der Waals surface area contributed by atoms with Crippen LogP contribution in [0, 0.1) is 46.5 Å². The molecule has 594 valence electrons. The molecule has 0 unspecified atom stereocenters. The molecule has 32 heteroatoms. The van der Waals surface area contributed by atoms with E-state index in [1.165, 1.54) is 77.3 Å². The van der Waals surface area contributed by atoms with Crippen molar-refractivity contribution in [1.82, 2.24) is 66.7 Å². The summed E-state index contributed by atoms with van der Waals surface area (Å²) in [6.45, 7) is 2.77. The molecular weight excluding hydrogens is 1550 g/mol. The zero-order valence-corrected chi connectivity index (χ0v) is 63.2. The van der Waals surface area contributed by atoms with E-state index in [1.807, 2.05) is 29.0 Å². The molecule has 15 rings (SSSR count). The zero-order valence-electron chi connectivity index (χ0n) is 62.4. The van der Waals surface area contributed by atoms with E-state index in [1.54, 1.807) is 122 Å². The van der Waals surface area contributed by atoms with Gasteiger partial charge in [0.2, 0.25) is 5.89 Å². The van der Waals surface area contributed by atoms with Gasteiger partial charge in [0.25, 0.3) is 17.7 Å². The fourth-order valence-corrected chi connectivity index (χ4v) is 12.5. The summed E-state index contributed by atoms with van der Waals surface area (Å²) in [6.07, 6.45) is 17.5. The van der Waals surface area contributed by atoms with Crippen LogP contribution < -0.4 is 34.9 Å². The lowest BCUT2D eigenvalue weighted by atomic mass is 10.1. The van der Waals surface area contributed by atoms with Gasteiger partial charge < -0.3 is 44.1 Å². The van der Waals surface area contributed by atoms with Gasteiger partial charge in [0, 0.05) is 24.4 Å². The van der Waals surface area contributed by atoms with Crippen molar-refractivity contribution in [3.63, 3.8) is 0 Å². The number of hydrogen-bond acceptors (Lipinski definition) is 17. The topological polar surface area (TPSA) is 304 Å². The van der Waals surface area contributed by atoms with Crippen molar-refractivity contribution in [1.29, 1.82) is 0 Å². The number of halogens is 8. The molecule has 23 nitrogen and oxygen atoms in total. The van der Waals surface area contributed by atoms with Gasteiger partial charge in [-0.2, -0.15) is 31.7 Å². The Bertz CT molecular complexity index is 6030. The van der Waals surface area contributed by atoms with Gasteiger partial charge in [-0.05, 0) is 186 Å². The predicted octanol–water partition coefficient (Wildman–Crippen LogP) is 17.5. The highest BCUT2D eigenvalue weighted by atomic mass is 32.1. The number of oxazole rings is 1. The number of nitrogens with one attached hydrogen (secondary N) is 7. The van der Waals surface area contributed by atoms with Crippen molar-refractivity contribution in [2.75, 3.05) is 35.0 Å². The first-order valence-corrected chi connectivity index (χ1v) is 36.2. The molecule has 0 atom stereocenters. The third-order valence-electron chi connectivity index (χ3n) is 17.5. The van der Waals surface area contributed by atoms with Crippen LogP contribution in [0.1, 0.15) is 111 Å². The lowest BCUT2D eigenvalue weighted by Gasteiger charge is -2.10. The van der Waals surface area contributed by atoms with Crippen LogP contribution in [0.25, 0.3) is 92.2 Å². The van der Waals surface area contributed by atoms with Crippen LogP contribution >= 0.6 is 11.3 Å². The SMILES string of the molecule is CCOC(=O)c1ccc2n[nH]c(/C=C/c3ccc(F)cc3F)c2c1OC.COc1c(C(=O)NCc2ccccn2)ccc2n[nH]c(/C=C/c3ccc(F)c(F)c3)c12.COc1c(C(=O)NCc2ccsc2)ccc2n[nH]c(/C=C/c3ccc(F)c(F)c3)c12.COc1c(C(=O)NCc2ncco2)ccc2n[nH]c(/C=C/c3ccc(F)c(F)c3)c12. The van der Waals surface area contributed by atoms with E-state index in [9.17, 15) is 54.3 Å². The number of esters is 1. The second kappa shape index (κ2) is 38.1. The molecule has 0 aliphatic rings. The van der Waals surface area contributed by atoms with Gasteiger partial charge in [-0.3, -0.25) is 39.8 Å². The summed E-state index contributed by atoms with van der Waals surface area (Å²) in [5.41, 5.74) is 9.29. The van der Waals surface area contributed by atoms with E-state index in [4.69, 9.17) is 28.1 Å². The molecule has 0 radical (unpaired) electrons. The number of carbonyl (C=O) groups excluding carboxylic acids is 4. The number of H-pyrrole nitrogens is 4. The predicted molar refractivity (Wildman–Crippen MR) is 426 cm³/mol. The average Bonchev–Trinajstić information content (AvgIpc) is 1.68. The quantitative estimate of drug-likeness (QED) is 0.0231. The van der Waals surface area contributed by atoms with E-state index >= 15 is 0 Å². The van der Waals surface area contributed by atoms with E-state index in [2.05, 4.69) is 66.7 Å². The van der Waals surface area contributed by atoms with E-state index in [0.29, 0.717) is 135 Å². The maximum Gasteiger partial charge on any atom is 0.341 e. The van der Waals surface area contributed by atoms with Crippen molar-refractivity contribution >= 4 is 127 Å². The Morgan fingerprint density at radius 1 is 0.427 bits per heavy atom. The van der Waals surface area contributed by atoms with E-state index in [-0.39, 0.29) is 48.5 Å². The average molecular weight is 1610 g/mol. The molecule has 0 aliphatic heterocycles. The number of nitrogens with zero attached hydrogens (tertiary/aromatic N) is 6. The first kappa shape index (κ1) is 81.7. The number of hydrogen-bond donors (Lipinski definition) is 7. The maximum absolute atomic E-state index is 13.8. The number of thiophene rings is 1. The minimum atomic E-state index is -0.936. The molecule has 0 saturated carbocycles. The van der Waals surface area contributed by atoms with Crippen molar-refractivity contribution in [2.24, 2.45) is 0 Å². The second-order valence-electron chi connectivity index (χ2n) is 24.9. The lowest BCUT2D eigenvalue weighted by Crippen LogP contribution is -2.23. The minimum Gasteiger partial charge on any atom is -0.495 e. The molecule has 7 N–H and O–H groups in total. The first-order chi connectivity index (χ1) is 56.7. The standard InChI is InChI=1S/C23H18F2N4O2.C22H17F2N3O2S.C21H16F2N4O3.C19H16F2N2O3/c1-31-22-16(23(30)27-13-15-4-2-3-11-26-15)7-10-20-21(22)19(28-29-20)9-6-14-5-8-17(24)18(25)12-14;1-29-21-15(22(28)25-11-14-8-9-30-12-14)4-7-19-20(21)18(26-27-19)6-3-13-2-5-16(23)17(24)10-13;1-29-20-13(21(28)25-11-18-24-8-9-30-18)4-7-17-19(20)16(26-27-17)6-3-12-2-5-14(22)15(23)10-12;1-3-26-19(24)13-7-9-16-17(18(13)25-2)15(22-23-16)8-5-11-4-6-12(20)10-14(11)21/h2-12H,13H2,1H3,(H,27,30)(H,28,29);2-10,12H,11H2,1H3,(H,25,28)(H,26,27);2-10H,11H2,1H3,(H,25,28)(H,26,27);4-10H,3H2,1-2H3,(H,22,23)/b9-6+;2*6-3+;8-5+. The monoisotopic (exact) mass is 1610 g/mol. The number of aromatic nitrogens is 10. The fourth-order valence-electron chi connectivity index (χ4n) is 11.9. The molecule has 0 bridgehead atoms. The molecule has 15 aromatic rings. The van der Waals surface area contributed by atoms with Crippen LogP contribution in [0.5, 0.6) is 23.0 Å². The largest absolute Gasteiger partial charge is 0.495 e. The number of methoxy groups -OCH3 is 4. The first-order valence-electron chi connectivity index (χ1n) is 35.3. The Labute approximate surface area is 663 Å². The highest BCUT2D eigenvalue weighted by Gasteiger charge is 2.25. The van der Waals surface area contributed by atoms with Gasteiger partial charge in [0.1, 0.15) is 46.5 Å². The van der Waals surface area contributed by atoms with Crippen molar-refractivity contribution < 1.29 is 82.4 Å². The smallest absolute Gasteiger partial charge is 0.341 e. The van der Waals surface area contributed by atoms with Crippen LogP contribution in [-0.2, 0) is 24.4 Å². The normalized spacial score (nSPS) is 11.3. The Balaban J connectivity index is 0.000000144. The van der Waals surface area contributed by atoms with Crippen molar-refractivity contribution in [3.8, 4) is 23.0 Å². The molecule has 7 aromatic heterocycles. The molecule has 0 spiro atoms. The molecular formula is C85H67F8N13O10S. The summed E-state index contributed by atoms with van der Waals surface area (Å²) >= 11 is 1.56. The number of ether oxygens (including phenoxy) is 5. The van der Waals surface area contributed by atoms with Crippen molar-refractivity contribution in [3.05, 3.63) is 306 Å². The summed E-state index contributed by atoms with van der Waals surface area (Å²) in [4.78, 5) is 58.4. The molecule has 7 heterocycles.